The van der Waals surface area contributed by atoms with Crippen LogP contribution in [0.5, 0.6) is 0 Å². The number of nitrogens with one attached hydrogen (secondary N) is 3. The summed E-state index contributed by atoms with van der Waals surface area (Å²) in [6, 6.07) is 0. The summed E-state index contributed by atoms with van der Waals surface area (Å²) < 4.78 is 0. The van der Waals surface area contributed by atoms with Gasteiger partial charge in [0.2, 0.25) is 0 Å². The van der Waals surface area contributed by atoms with Gasteiger partial charge < -0.3 is 10.2 Å². The van der Waals surface area contributed by atoms with Crippen molar-refractivity contribution in [2.24, 2.45) is 11.0 Å². The standard InChI is InChI=1S/C16H28N6/c1-4-15(7-5-6-14(2)20-18)16(17)19-8-9-22-12-10-21(3)11-13-22/h1,6,15,18H,5,7-13H2,2-3H3,(H2,17,19)/b14-6+,20-18?/t15-/m1/s1. The molecule has 0 aliphatic carbocycles. The molecule has 0 aromatic rings. The lowest BCUT2D eigenvalue weighted by Gasteiger charge is -2.32. The van der Waals surface area contributed by atoms with Gasteiger partial charge >= 0.3 is 0 Å². The van der Waals surface area contributed by atoms with Gasteiger partial charge in [-0.05, 0) is 26.8 Å². The van der Waals surface area contributed by atoms with Crippen molar-refractivity contribution in [3.8, 4) is 12.3 Å². The van der Waals surface area contributed by atoms with E-state index in [0.29, 0.717) is 18.0 Å². The van der Waals surface area contributed by atoms with Gasteiger partial charge in [-0.2, -0.15) is 5.11 Å². The number of nitrogens with zero attached hydrogens (tertiary/aromatic N) is 3. The van der Waals surface area contributed by atoms with Crippen LogP contribution in [0.2, 0.25) is 0 Å². The fourth-order valence-electron chi connectivity index (χ4n) is 2.36. The van der Waals surface area contributed by atoms with Crippen molar-refractivity contribution in [1.82, 2.24) is 15.1 Å². The second kappa shape index (κ2) is 10.1. The first-order valence-electron chi connectivity index (χ1n) is 7.80. The summed E-state index contributed by atoms with van der Waals surface area (Å²) in [6.45, 7) is 7.89. The smallest absolute Gasteiger partial charge is 0.109 e. The van der Waals surface area contributed by atoms with Gasteiger partial charge in [0.05, 0.1) is 11.6 Å². The summed E-state index contributed by atoms with van der Waals surface area (Å²) in [4.78, 5) is 4.74. The highest BCUT2D eigenvalue weighted by Crippen LogP contribution is 2.08. The fourth-order valence-corrected chi connectivity index (χ4v) is 2.36. The Morgan fingerprint density at radius 2 is 2.09 bits per heavy atom. The summed E-state index contributed by atoms with van der Waals surface area (Å²) in [5.74, 6) is 2.90. The van der Waals surface area contributed by atoms with Crippen molar-refractivity contribution in [3.63, 3.8) is 0 Å². The summed E-state index contributed by atoms with van der Waals surface area (Å²) >= 11 is 0. The Hall–Kier alpha value is -1.71. The fraction of sp³-hybridized carbons (Fsp3) is 0.688. The number of terminal acetylenes is 1. The van der Waals surface area contributed by atoms with E-state index >= 15 is 0 Å². The molecule has 1 rings (SSSR count). The second-order valence-electron chi connectivity index (χ2n) is 5.74. The molecule has 3 N–H and O–H groups in total. The number of hydrogen-bond donors (Lipinski definition) is 3. The van der Waals surface area contributed by atoms with Crippen LogP contribution in [0.1, 0.15) is 19.8 Å². The van der Waals surface area contributed by atoms with Crippen LogP contribution >= 0.6 is 0 Å². The van der Waals surface area contributed by atoms with Crippen LogP contribution in [0.25, 0.3) is 0 Å². The SMILES string of the molecule is C#C[C@H](CC/C=C(\C)N=N)C(=N)NCCN1CCN(C)CC1. The first-order valence-corrected chi connectivity index (χ1v) is 7.80. The minimum Gasteiger partial charge on any atom is -0.372 e. The maximum absolute atomic E-state index is 8.06. The lowest BCUT2D eigenvalue weighted by Crippen LogP contribution is -2.47. The molecule has 6 nitrogen and oxygen atoms in total. The van der Waals surface area contributed by atoms with E-state index in [1.807, 2.05) is 6.08 Å². The molecule has 1 saturated heterocycles. The molecule has 22 heavy (non-hydrogen) atoms. The Bertz CT molecular complexity index is 428. The predicted octanol–water partition coefficient (Wildman–Crippen LogP) is 1.77. The maximum atomic E-state index is 8.06. The number of amidine groups is 1. The molecule has 0 saturated carbocycles. The highest BCUT2D eigenvalue weighted by molar-refractivity contribution is 5.84. The number of hydrogen-bond acceptors (Lipinski definition) is 5. The molecule has 0 spiro atoms. The highest BCUT2D eigenvalue weighted by Gasteiger charge is 2.14. The van der Waals surface area contributed by atoms with Gasteiger partial charge in [0.15, 0.2) is 0 Å². The first-order chi connectivity index (χ1) is 10.6. The number of piperazine rings is 1. The van der Waals surface area contributed by atoms with Crippen LogP contribution in [-0.4, -0.2) is 62.0 Å². The van der Waals surface area contributed by atoms with Gasteiger partial charge in [0.25, 0.3) is 0 Å². The third-order valence-electron chi connectivity index (χ3n) is 3.96. The minimum absolute atomic E-state index is 0.192. The van der Waals surface area contributed by atoms with Gasteiger partial charge in [-0.1, -0.05) is 12.0 Å². The lowest BCUT2D eigenvalue weighted by atomic mass is 10.0. The molecular weight excluding hydrogens is 276 g/mol. The number of likely N-dealkylation sites (N-methyl/N-ethyl adjacent to an activating group) is 1. The van der Waals surface area contributed by atoms with Crippen LogP contribution in [0, 0.1) is 29.2 Å². The van der Waals surface area contributed by atoms with Gasteiger partial charge in [0.1, 0.15) is 5.84 Å². The zero-order chi connectivity index (χ0) is 16.4. The van der Waals surface area contributed by atoms with E-state index in [2.05, 4.69) is 33.2 Å². The van der Waals surface area contributed by atoms with Crippen molar-refractivity contribution in [1.29, 1.82) is 10.9 Å². The normalized spacial score (nSPS) is 18.5. The monoisotopic (exact) mass is 304 g/mol. The third-order valence-corrected chi connectivity index (χ3v) is 3.96. The van der Waals surface area contributed by atoms with Crippen molar-refractivity contribution in [3.05, 3.63) is 11.8 Å². The largest absolute Gasteiger partial charge is 0.372 e. The average molecular weight is 304 g/mol. The van der Waals surface area contributed by atoms with E-state index in [1.165, 1.54) is 0 Å². The van der Waals surface area contributed by atoms with E-state index in [4.69, 9.17) is 17.4 Å². The van der Waals surface area contributed by atoms with Gasteiger partial charge in [0, 0.05) is 39.3 Å². The van der Waals surface area contributed by atoms with E-state index in [9.17, 15) is 0 Å². The van der Waals surface area contributed by atoms with E-state index < -0.39 is 0 Å². The van der Waals surface area contributed by atoms with E-state index in [0.717, 1.165) is 45.7 Å². The Morgan fingerprint density at radius 3 is 2.68 bits per heavy atom. The predicted molar refractivity (Wildman–Crippen MR) is 90.1 cm³/mol. The highest BCUT2D eigenvalue weighted by atomic mass is 15.2. The molecule has 122 valence electrons. The van der Waals surface area contributed by atoms with Crippen molar-refractivity contribution in [2.75, 3.05) is 46.3 Å². The molecule has 0 bridgehead atoms. The molecule has 1 aliphatic heterocycles. The minimum atomic E-state index is -0.192. The van der Waals surface area contributed by atoms with Crippen LogP contribution in [0.4, 0.5) is 0 Å². The Kier molecular flexibility index (Phi) is 8.41. The summed E-state index contributed by atoms with van der Waals surface area (Å²) in [7, 11) is 2.15. The maximum Gasteiger partial charge on any atom is 0.109 e. The summed E-state index contributed by atoms with van der Waals surface area (Å²) in [6.07, 6.45) is 8.86. The quantitative estimate of drug-likeness (QED) is 0.277. The van der Waals surface area contributed by atoms with Gasteiger partial charge in [-0.15, -0.1) is 6.42 Å². The molecular formula is C16H28N6. The van der Waals surface area contributed by atoms with Crippen LogP contribution in [0.3, 0.4) is 0 Å². The molecule has 0 aromatic carbocycles. The molecule has 1 heterocycles. The molecule has 1 fully saturated rings. The van der Waals surface area contributed by atoms with Crippen molar-refractivity contribution >= 4 is 5.84 Å². The lowest BCUT2D eigenvalue weighted by molar-refractivity contribution is 0.156. The molecule has 0 amide bonds. The molecule has 0 unspecified atom stereocenters. The third kappa shape index (κ3) is 6.83. The topological polar surface area (TPSA) is 78.6 Å². The zero-order valence-corrected chi connectivity index (χ0v) is 13.7. The van der Waals surface area contributed by atoms with E-state index in [-0.39, 0.29) is 5.92 Å². The van der Waals surface area contributed by atoms with Crippen LogP contribution < -0.4 is 5.32 Å². The molecule has 1 atom stereocenters. The summed E-state index contributed by atoms with van der Waals surface area (Å²) in [5, 5.41) is 14.6. The van der Waals surface area contributed by atoms with Crippen molar-refractivity contribution in [2.45, 2.75) is 19.8 Å². The first kappa shape index (κ1) is 18.3. The van der Waals surface area contributed by atoms with Crippen LogP contribution in [-0.2, 0) is 0 Å². The molecule has 0 aromatic heterocycles. The summed E-state index contributed by atoms with van der Waals surface area (Å²) in [5.41, 5.74) is 7.56. The Morgan fingerprint density at radius 1 is 1.41 bits per heavy atom. The Balaban J connectivity index is 2.24. The van der Waals surface area contributed by atoms with Gasteiger partial charge in [-0.3, -0.25) is 10.3 Å². The van der Waals surface area contributed by atoms with Crippen molar-refractivity contribution < 1.29 is 0 Å². The van der Waals surface area contributed by atoms with Gasteiger partial charge in [-0.25, -0.2) is 5.53 Å². The number of rotatable bonds is 8. The molecule has 0 radical (unpaired) electrons. The molecule has 1 aliphatic rings. The van der Waals surface area contributed by atoms with E-state index in [1.54, 1.807) is 6.92 Å². The number of allylic oxidation sites excluding steroid dienone is 2. The molecule has 6 heteroatoms. The van der Waals surface area contributed by atoms with Crippen LogP contribution in [0.15, 0.2) is 16.9 Å². The zero-order valence-electron chi connectivity index (χ0n) is 13.7. The average Bonchev–Trinajstić information content (AvgIpc) is 2.53. The second-order valence-corrected chi connectivity index (χ2v) is 5.74. The Labute approximate surface area is 134 Å².